The van der Waals surface area contributed by atoms with E-state index in [-0.39, 0.29) is 5.56 Å². The van der Waals surface area contributed by atoms with E-state index in [0.29, 0.717) is 11.1 Å². The average Bonchev–Trinajstić information content (AvgIpc) is 2.45. The maximum Gasteiger partial charge on any atom is 0.399 e. The molecule has 2 aromatic carbocycles. The molecule has 0 saturated carbocycles. The number of primary amides is 1. The van der Waals surface area contributed by atoms with Crippen molar-refractivity contribution in [3.05, 3.63) is 76.4 Å². The largest absolute Gasteiger partial charge is 0.399 e. The molecule has 126 valence electrons. The Morgan fingerprint density at radius 1 is 1.04 bits per heavy atom. The monoisotopic (exact) mass is 333 g/mol. The number of aryl methyl sites for hydroxylation is 2. The second-order valence-corrected chi connectivity index (χ2v) is 5.79. The van der Waals surface area contributed by atoms with Crippen molar-refractivity contribution in [1.29, 1.82) is 0 Å². The summed E-state index contributed by atoms with van der Waals surface area (Å²) in [7, 11) is 0. The first-order valence-electron chi connectivity index (χ1n) is 7.40. The molecule has 5 heteroatoms. The molecule has 1 unspecified atom stereocenters. The summed E-state index contributed by atoms with van der Waals surface area (Å²) < 4.78 is 40.3. The fraction of sp³-hybridized carbons (Fsp3) is 0.211. The molecule has 24 heavy (non-hydrogen) atoms. The van der Waals surface area contributed by atoms with Crippen LogP contribution < -0.4 is 5.73 Å². The van der Waals surface area contributed by atoms with Gasteiger partial charge in [0.25, 0.3) is 0 Å². The zero-order valence-electron chi connectivity index (χ0n) is 13.4. The van der Waals surface area contributed by atoms with Gasteiger partial charge in [-0.1, -0.05) is 53.6 Å². The summed E-state index contributed by atoms with van der Waals surface area (Å²) in [6, 6.07) is 11.0. The lowest BCUT2D eigenvalue weighted by atomic mass is 9.94. The number of hydrogen-bond acceptors (Lipinski definition) is 1. The SMILES string of the molecule is Cc1cc(C)cc(C(/C=C/c2ccc(C(N)=O)cc2)C(F)(F)F)c1. The molecule has 0 aliphatic rings. The molecule has 2 rings (SSSR count). The lowest BCUT2D eigenvalue weighted by Crippen LogP contribution is -2.19. The molecule has 0 fully saturated rings. The van der Waals surface area contributed by atoms with Gasteiger partial charge in [-0.25, -0.2) is 0 Å². The predicted octanol–water partition coefficient (Wildman–Crippen LogP) is 4.76. The Bertz CT molecular complexity index is 741. The van der Waals surface area contributed by atoms with Gasteiger partial charge in [-0.15, -0.1) is 0 Å². The van der Waals surface area contributed by atoms with Crippen LogP contribution in [-0.2, 0) is 0 Å². The molecule has 0 aromatic heterocycles. The molecular formula is C19H18F3NO. The molecule has 2 nitrogen and oxygen atoms in total. The summed E-state index contributed by atoms with van der Waals surface area (Å²) in [6.07, 6.45) is -1.85. The lowest BCUT2D eigenvalue weighted by molar-refractivity contribution is -0.139. The van der Waals surface area contributed by atoms with Gasteiger partial charge in [0.15, 0.2) is 0 Å². The first-order valence-corrected chi connectivity index (χ1v) is 7.40. The summed E-state index contributed by atoms with van der Waals surface area (Å²) in [5.74, 6) is -2.26. The number of benzene rings is 2. The van der Waals surface area contributed by atoms with Crippen LogP contribution in [0.5, 0.6) is 0 Å². The molecule has 2 N–H and O–H groups in total. The number of amides is 1. The molecular weight excluding hydrogens is 315 g/mol. The van der Waals surface area contributed by atoms with Gasteiger partial charge in [0.2, 0.25) is 5.91 Å². The molecule has 0 aliphatic heterocycles. The topological polar surface area (TPSA) is 43.1 Å². The van der Waals surface area contributed by atoms with Gasteiger partial charge >= 0.3 is 6.18 Å². The van der Waals surface area contributed by atoms with Crippen LogP contribution in [0.3, 0.4) is 0 Å². The van der Waals surface area contributed by atoms with Crippen LogP contribution in [0.1, 0.15) is 38.5 Å². The Morgan fingerprint density at radius 2 is 1.58 bits per heavy atom. The van der Waals surface area contributed by atoms with Crippen molar-refractivity contribution in [3.63, 3.8) is 0 Å². The summed E-state index contributed by atoms with van der Waals surface area (Å²) in [5.41, 5.74) is 7.82. The van der Waals surface area contributed by atoms with E-state index in [1.54, 1.807) is 38.1 Å². The Labute approximate surface area is 138 Å². The van der Waals surface area contributed by atoms with Crippen LogP contribution in [-0.4, -0.2) is 12.1 Å². The molecule has 0 radical (unpaired) electrons. The number of rotatable bonds is 4. The van der Waals surface area contributed by atoms with Crippen LogP contribution in [0.15, 0.2) is 48.5 Å². The van der Waals surface area contributed by atoms with Crippen LogP contribution >= 0.6 is 0 Å². The number of hydrogen-bond donors (Lipinski definition) is 1. The van der Waals surface area contributed by atoms with Crippen LogP contribution in [0, 0.1) is 13.8 Å². The highest BCUT2D eigenvalue weighted by molar-refractivity contribution is 5.92. The Kier molecular flexibility index (Phi) is 5.12. The van der Waals surface area contributed by atoms with Crippen LogP contribution in [0.2, 0.25) is 0 Å². The highest BCUT2D eigenvalue weighted by atomic mass is 19.4. The quantitative estimate of drug-likeness (QED) is 0.861. The molecule has 0 bridgehead atoms. The Hall–Kier alpha value is -2.56. The van der Waals surface area contributed by atoms with Gasteiger partial charge in [0, 0.05) is 5.56 Å². The van der Waals surface area contributed by atoms with Crippen molar-refractivity contribution >= 4 is 12.0 Å². The fourth-order valence-electron chi connectivity index (χ4n) is 2.56. The minimum atomic E-state index is -4.39. The predicted molar refractivity (Wildman–Crippen MR) is 88.7 cm³/mol. The minimum absolute atomic E-state index is 0.213. The van der Waals surface area contributed by atoms with Crippen molar-refractivity contribution in [1.82, 2.24) is 0 Å². The van der Waals surface area contributed by atoms with E-state index >= 15 is 0 Å². The average molecular weight is 333 g/mol. The molecule has 0 heterocycles. The van der Waals surface area contributed by atoms with E-state index in [0.717, 1.165) is 17.2 Å². The smallest absolute Gasteiger partial charge is 0.366 e. The number of nitrogens with two attached hydrogens (primary N) is 1. The van der Waals surface area contributed by atoms with Crippen molar-refractivity contribution in [2.75, 3.05) is 0 Å². The van der Waals surface area contributed by atoms with E-state index in [1.807, 2.05) is 6.07 Å². The maximum atomic E-state index is 13.4. The lowest BCUT2D eigenvalue weighted by Gasteiger charge is -2.18. The maximum absolute atomic E-state index is 13.4. The van der Waals surface area contributed by atoms with Gasteiger partial charge in [0.1, 0.15) is 0 Å². The van der Waals surface area contributed by atoms with Gasteiger partial charge < -0.3 is 5.73 Å². The molecule has 0 saturated heterocycles. The first kappa shape index (κ1) is 17.8. The molecule has 1 amide bonds. The van der Waals surface area contributed by atoms with Crippen LogP contribution in [0.25, 0.3) is 6.08 Å². The number of carbonyl (C=O) groups excluding carboxylic acids is 1. The van der Waals surface area contributed by atoms with E-state index in [1.165, 1.54) is 18.2 Å². The molecule has 2 aromatic rings. The molecule has 0 spiro atoms. The number of carbonyl (C=O) groups is 1. The minimum Gasteiger partial charge on any atom is -0.366 e. The Morgan fingerprint density at radius 3 is 2.04 bits per heavy atom. The van der Waals surface area contributed by atoms with E-state index in [9.17, 15) is 18.0 Å². The van der Waals surface area contributed by atoms with E-state index in [2.05, 4.69) is 0 Å². The number of allylic oxidation sites excluding steroid dienone is 1. The van der Waals surface area contributed by atoms with Gasteiger partial charge in [-0.05, 0) is 37.1 Å². The normalized spacial score (nSPS) is 13.2. The molecule has 1 atom stereocenters. The Balaban J connectivity index is 2.34. The van der Waals surface area contributed by atoms with Gasteiger partial charge in [-0.3, -0.25) is 4.79 Å². The van der Waals surface area contributed by atoms with Gasteiger partial charge in [0.05, 0.1) is 5.92 Å². The van der Waals surface area contributed by atoms with Crippen molar-refractivity contribution in [3.8, 4) is 0 Å². The third-order valence-electron chi connectivity index (χ3n) is 3.63. The first-order chi connectivity index (χ1) is 11.2. The number of halogens is 3. The van der Waals surface area contributed by atoms with Crippen LogP contribution in [0.4, 0.5) is 13.2 Å². The van der Waals surface area contributed by atoms with E-state index in [4.69, 9.17) is 5.73 Å². The van der Waals surface area contributed by atoms with E-state index < -0.39 is 18.0 Å². The standard InChI is InChI=1S/C19H18F3NO/c1-12-9-13(2)11-16(10-12)17(19(20,21)22)8-5-14-3-6-15(7-4-14)18(23)24/h3-11,17H,1-2H3,(H2,23,24)/b8-5+. The zero-order chi connectivity index (χ0) is 17.9. The second kappa shape index (κ2) is 6.91. The highest BCUT2D eigenvalue weighted by Gasteiger charge is 2.38. The third-order valence-corrected chi connectivity index (χ3v) is 3.63. The van der Waals surface area contributed by atoms with Crippen molar-refractivity contribution in [2.45, 2.75) is 25.9 Å². The van der Waals surface area contributed by atoms with Gasteiger partial charge in [-0.2, -0.15) is 13.2 Å². The summed E-state index contributed by atoms with van der Waals surface area (Å²) in [4.78, 5) is 11.0. The highest BCUT2D eigenvalue weighted by Crippen LogP contribution is 2.37. The van der Waals surface area contributed by atoms with Crippen molar-refractivity contribution in [2.24, 2.45) is 5.73 Å². The third kappa shape index (κ3) is 4.47. The second-order valence-electron chi connectivity index (χ2n) is 5.79. The fourth-order valence-corrected chi connectivity index (χ4v) is 2.56. The summed E-state index contributed by atoms with van der Waals surface area (Å²) in [5, 5.41) is 0. The van der Waals surface area contributed by atoms with Crippen molar-refractivity contribution < 1.29 is 18.0 Å². The summed E-state index contributed by atoms with van der Waals surface area (Å²) >= 11 is 0. The number of alkyl halides is 3. The molecule has 0 aliphatic carbocycles. The summed E-state index contributed by atoms with van der Waals surface area (Å²) in [6.45, 7) is 3.55. The zero-order valence-corrected chi connectivity index (χ0v) is 13.4.